The van der Waals surface area contributed by atoms with E-state index in [-0.39, 0.29) is 5.41 Å². The molecule has 4 aliphatic carbocycles. The van der Waals surface area contributed by atoms with Crippen LogP contribution in [0.5, 0.6) is 0 Å². The third-order valence-corrected chi connectivity index (χ3v) is 9.98. The molecular formula is C20H32OS. The van der Waals surface area contributed by atoms with Crippen LogP contribution in [0.3, 0.4) is 0 Å². The number of hydrogen-bond acceptors (Lipinski definition) is 2. The zero-order valence-electron chi connectivity index (χ0n) is 14.6. The lowest BCUT2D eigenvalue weighted by atomic mass is 9.45. The van der Waals surface area contributed by atoms with Crippen molar-refractivity contribution in [3.8, 4) is 0 Å². The fourth-order valence-electron chi connectivity index (χ4n) is 7.43. The molecule has 0 aromatic carbocycles. The van der Waals surface area contributed by atoms with Crippen LogP contribution < -0.4 is 0 Å². The zero-order valence-corrected chi connectivity index (χ0v) is 15.4. The summed E-state index contributed by atoms with van der Waals surface area (Å²) in [6, 6.07) is 0. The lowest BCUT2D eigenvalue weighted by Crippen LogP contribution is -2.56. The monoisotopic (exact) mass is 320 g/mol. The molecule has 4 saturated carbocycles. The Morgan fingerprint density at radius 1 is 1.00 bits per heavy atom. The van der Waals surface area contributed by atoms with Crippen molar-refractivity contribution in [3.63, 3.8) is 0 Å². The van der Waals surface area contributed by atoms with Crippen LogP contribution in [-0.4, -0.2) is 17.3 Å². The summed E-state index contributed by atoms with van der Waals surface area (Å²) in [7, 11) is 0. The number of ketones is 1. The normalized spacial score (nSPS) is 54.5. The third kappa shape index (κ3) is 1.88. The van der Waals surface area contributed by atoms with Crippen LogP contribution in [0.2, 0.25) is 0 Å². The van der Waals surface area contributed by atoms with Gasteiger partial charge in [-0.15, -0.1) is 0 Å². The second-order valence-electron chi connectivity index (χ2n) is 9.09. The van der Waals surface area contributed by atoms with E-state index < -0.39 is 0 Å². The van der Waals surface area contributed by atoms with Crippen molar-refractivity contribution in [2.24, 2.45) is 34.5 Å². The molecule has 4 fully saturated rings. The van der Waals surface area contributed by atoms with Crippen LogP contribution in [0.15, 0.2) is 0 Å². The van der Waals surface area contributed by atoms with Gasteiger partial charge in [0.25, 0.3) is 0 Å². The Balaban J connectivity index is 1.68. The number of Topliss-reactive ketones (excluding diaryl/α,β-unsaturated/α-hetero) is 1. The molecule has 0 amide bonds. The Morgan fingerprint density at radius 2 is 1.82 bits per heavy atom. The fourth-order valence-corrected chi connectivity index (χ4v) is 8.71. The van der Waals surface area contributed by atoms with E-state index in [9.17, 15) is 4.79 Å². The zero-order chi connectivity index (χ0) is 15.5. The molecule has 1 nitrogen and oxygen atoms in total. The molecule has 0 aromatic heterocycles. The predicted octanol–water partition coefficient (Wildman–Crippen LogP) is 5.33. The van der Waals surface area contributed by atoms with Crippen LogP contribution in [0.25, 0.3) is 0 Å². The number of fused-ring (bicyclic) bond motifs is 5. The third-order valence-electron chi connectivity index (χ3n) is 8.67. The average Bonchev–Trinajstić information content (AvgIpc) is 2.82. The molecular weight excluding hydrogens is 288 g/mol. The molecule has 2 heteroatoms. The summed E-state index contributed by atoms with van der Waals surface area (Å²) in [5, 5.41) is 0.862. The number of carbonyl (C=O) groups is 1. The lowest BCUT2D eigenvalue weighted by molar-refractivity contribution is -0.137. The highest BCUT2D eigenvalue weighted by atomic mass is 32.2. The summed E-state index contributed by atoms with van der Waals surface area (Å²) in [6.07, 6.45) is 14.1. The van der Waals surface area contributed by atoms with Crippen molar-refractivity contribution in [1.29, 1.82) is 0 Å². The second kappa shape index (κ2) is 5.26. The van der Waals surface area contributed by atoms with Gasteiger partial charge in [-0.3, -0.25) is 4.79 Å². The first-order valence-electron chi connectivity index (χ1n) is 9.58. The van der Waals surface area contributed by atoms with Crippen LogP contribution >= 0.6 is 11.8 Å². The molecule has 0 aliphatic heterocycles. The van der Waals surface area contributed by atoms with Crippen molar-refractivity contribution >= 4 is 17.5 Å². The standard InChI is InChI=1S/C20H32OS/c1-19-12-11-16-14(15(19)9-10-17(19)21)8-7-13-5-4-6-18(22-3)20(13,16)2/h13-16,18H,4-12H2,1-3H3/t13-,14+,15+,16+,18?,19+,20+/m1/s1. The fraction of sp³-hybridized carbons (Fsp3) is 0.950. The summed E-state index contributed by atoms with van der Waals surface area (Å²) in [6.45, 7) is 4.96. The van der Waals surface area contributed by atoms with Crippen LogP contribution in [0, 0.1) is 34.5 Å². The first-order chi connectivity index (χ1) is 10.5. The number of hydrogen-bond donors (Lipinski definition) is 0. The van der Waals surface area contributed by atoms with Crippen molar-refractivity contribution < 1.29 is 4.79 Å². The first-order valence-corrected chi connectivity index (χ1v) is 10.9. The summed E-state index contributed by atoms with van der Waals surface area (Å²) < 4.78 is 0. The highest BCUT2D eigenvalue weighted by Gasteiger charge is 2.61. The van der Waals surface area contributed by atoms with E-state index in [4.69, 9.17) is 0 Å². The van der Waals surface area contributed by atoms with Gasteiger partial charge in [-0.2, -0.15) is 11.8 Å². The maximum absolute atomic E-state index is 12.5. The molecule has 0 N–H and O–H groups in total. The highest BCUT2D eigenvalue weighted by molar-refractivity contribution is 7.99. The maximum Gasteiger partial charge on any atom is 0.139 e. The molecule has 4 rings (SSSR count). The smallest absolute Gasteiger partial charge is 0.139 e. The topological polar surface area (TPSA) is 17.1 Å². The number of thioether (sulfide) groups is 1. The van der Waals surface area contributed by atoms with Crippen LogP contribution in [0.1, 0.15) is 71.6 Å². The Hall–Kier alpha value is 0.0200. The molecule has 0 radical (unpaired) electrons. The van der Waals surface area contributed by atoms with E-state index in [0.717, 1.165) is 29.4 Å². The molecule has 0 aromatic rings. The minimum Gasteiger partial charge on any atom is -0.299 e. The van der Waals surface area contributed by atoms with Gasteiger partial charge in [-0.1, -0.05) is 20.3 Å². The lowest BCUT2D eigenvalue weighted by Gasteiger charge is -2.61. The molecule has 0 bridgehead atoms. The summed E-state index contributed by atoms with van der Waals surface area (Å²) in [4.78, 5) is 12.5. The summed E-state index contributed by atoms with van der Waals surface area (Å²) >= 11 is 2.14. The molecule has 1 unspecified atom stereocenters. The van der Waals surface area contributed by atoms with Gasteiger partial charge in [0, 0.05) is 17.1 Å². The van der Waals surface area contributed by atoms with E-state index in [0.29, 0.717) is 17.1 Å². The average molecular weight is 321 g/mol. The minimum absolute atomic E-state index is 0.0495. The van der Waals surface area contributed by atoms with Crippen molar-refractivity contribution in [2.75, 3.05) is 6.26 Å². The van der Waals surface area contributed by atoms with Gasteiger partial charge in [-0.25, -0.2) is 0 Å². The quantitative estimate of drug-likeness (QED) is 0.649. The van der Waals surface area contributed by atoms with Gasteiger partial charge in [0.1, 0.15) is 5.78 Å². The molecule has 124 valence electrons. The van der Waals surface area contributed by atoms with Crippen molar-refractivity contribution in [2.45, 2.75) is 76.9 Å². The largest absolute Gasteiger partial charge is 0.299 e. The van der Waals surface area contributed by atoms with Gasteiger partial charge < -0.3 is 0 Å². The Kier molecular flexibility index (Phi) is 3.72. The number of rotatable bonds is 1. The van der Waals surface area contributed by atoms with E-state index in [1.807, 2.05) is 0 Å². The van der Waals surface area contributed by atoms with Gasteiger partial charge in [-0.05, 0) is 80.3 Å². The molecule has 7 atom stereocenters. The van der Waals surface area contributed by atoms with Gasteiger partial charge in [0.2, 0.25) is 0 Å². The first kappa shape index (κ1) is 15.5. The molecule has 0 spiro atoms. The van der Waals surface area contributed by atoms with E-state index in [1.165, 1.54) is 51.4 Å². The highest BCUT2D eigenvalue weighted by Crippen LogP contribution is 2.66. The van der Waals surface area contributed by atoms with E-state index in [2.05, 4.69) is 31.9 Å². The second-order valence-corrected chi connectivity index (χ2v) is 10.1. The Bertz CT molecular complexity index is 466. The Morgan fingerprint density at radius 3 is 2.59 bits per heavy atom. The maximum atomic E-state index is 12.5. The molecule has 4 aliphatic rings. The van der Waals surface area contributed by atoms with Crippen LogP contribution in [0.4, 0.5) is 0 Å². The van der Waals surface area contributed by atoms with E-state index >= 15 is 0 Å². The SMILES string of the molecule is CSC1CCC[C@@H]2CC[C@@H]3[C@H](CC[C@]4(C)C(=O)CC[C@@H]34)[C@@]12C. The summed E-state index contributed by atoms with van der Waals surface area (Å²) in [5.41, 5.74) is 0.599. The summed E-state index contributed by atoms with van der Waals surface area (Å²) in [5.74, 6) is 4.00. The molecule has 22 heavy (non-hydrogen) atoms. The van der Waals surface area contributed by atoms with Crippen molar-refractivity contribution in [3.05, 3.63) is 0 Å². The number of carbonyl (C=O) groups excluding carboxylic acids is 1. The van der Waals surface area contributed by atoms with Crippen molar-refractivity contribution in [1.82, 2.24) is 0 Å². The van der Waals surface area contributed by atoms with Gasteiger partial charge >= 0.3 is 0 Å². The van der Waals surface area contributed by atoms with E-state index in [1.54, 1.807) is 0 Å². The molecule has 0 saturated heterocycles. The van der Waals surface area contributed by atoms with Gasteiger partial charge in [0.15, 0.2) is 0 Å². The van der Waals surface area contributed by atoms with Crippen LogP contribution in [-0.2, 0) is 4.79 Å². The molecule has 0 heterocycles. The Labute approximate surface area is 140 Å². The minimum atomic E-state index is 0.0495. The van der Waals surface area contributed by atoms with Gasteiger partial charge in [0.05, 0.1) is 0 Å². The predicted molar refractivity (Wildman–Crippen MR) is 94.0 cm³/mol.